The van der Waals surface area contributed by atoms with Gasteiger partial charge in [-0.25, -0.2) is 8.42 Å². The minimum absolute atomic E-state index is 0.0865. The zero-order chi connectivity index (χ0) is 18.1. The SMILES string of the molecule is COCCOCCOCCOCCNC(=O)CCCCS(C)(=O)=O. The van der Waals surface area contributed by atoms with Gasteiger partial charge in [0, 0.05) is 32.1 Å². The molecule has 0 aliphatic rings. The third kappa shape index (κ3) is 19.3. The molecule has 0 saturated heterocycles. The van der Waals surface area contributed by atoms with Crippen LogP contribution in [0.3, 0.4) is 0 Å². The largest absolute Gasteiger partial charge is 0.382 e. The molecular weight excluding hydrogens is 338 g/mol. The van der Waals surface area contributed by atoms with Gasteiger partial charge in [0.2, 0.25) is 5.91 Å². The van der Waals surface area contributed by atoms with E-state index < -0.39 is 9.84 Å². The maximum absolute atomic E-state index is 11.5. The number of carbonyl (C=O) groups is 1. The lowest BCUT2D eigenvalue weighted by Gasteiger charge is -2.07. The fourth-order valence-electron chi connectivity index (χ4n) is 1.68. The molecule has 24 heavy (non-hydrogen) atoms. The molecule has 0 aliphatic carbocycles. The lowest BCUT2D eigenvalue weighted by molar-refractivity contribution is -0.121. The summed E-state index contributed by atoms with van der Waals surface area (Å²) in [6, 6.07) is 0. The summed E-state index contributed by atoms with van der Waals surface area (Å²) in [5.41, 5.74) is 0. The van der Waals surface area contributed by atoms with Gasteiger partial charge in [0.1, 0.15) is 9.84 Å². The number of amides is 1. The van der Waals surface area contributed by atoms with E-state index >= 15 is 0 Å². The summed E-state index contributed by atoms with van der Waals surface area (Å²) in [5, 5.41) is 2.73. The molecule has 0 aromatic heterocycles. The van der Waals surface area contributed by atoms with Crippen molar-refractivity contribution in [3.63, 3.8) is 0 Å². The van der Waals surface area contributed by atoms with E-state index in [0.717, 1.165) is 0 Å². The zero-order valence-electron chi connectivity index (χ0n) is 14.8. The third-order valence-electron chi connectivity index (χ3n) is 2.91. The molecule has 0 unspecified atom stereocenters. The van der Waals surface area contributed by atoms with Gasteiger partial charge in [-0.15, -0.1) is 0 Å². The summed E-state index contributed by atoms with van der Waals surface area (Å²) in [7, 11) is -1.32. The van der Waals surface area contributed by atoms with Crippen LogP contribution in [-0.4, -0.2) is 86.2 Å². The van der Waals surface area contributed by atoms with E-state index in [4.69, 9.17) is 18.9 Å². The summed E-state index contributed by atoms with van der Waals surface area (Å²) in [4.78, 5) is 11.5. The van der Waals surface area contributed by atoms with Crippen LogP contribution in [0.1, 0.15) is 19.3 Å². The maximum atomic E-state index is 11.5. The second-order valence-corrected chi connectivity index (χ2v) is 7.53. The van der Waals surface area contributed by atoms with E-state index in [1.165, 1.54) is 6.26 Å². The number of hydrogen-bond donors (Lipinski definition) is 1. The van der Waals surface area contributed by atoms with E-state index in [-0.39, 0.29) is 11.7 Å². The van der Waals surface area contributed by atoms with Crippen molar-refractivity contribution in [2.45, 2.75) is 19.3 Å². The van der Waals surface area contributed by atoms with Crippen molar-refractivity contribution in [3.8, 4) is 0 Å². The van der Waals surface area contributed by atoms with Crippen LogP contribution in [0.25, 0.3) is 0 Å². The minimum atomic E-state index is -2.94. The number of sulfone groups is 1. The zero-order valence-corrected chi connectivity index (χ0v) is 15.6. The van der Waals surface area contributed by atoms with Gasteiger partial charge in [-0.05, 0) is 12.8 Å². The smallest absolute Gasteiger partial charge is 0.220 e. The summed E-state index contributed by atoms with van der Waals surface area (Å²) in [6.45, 7) is 3.97. The quantitative estimate of drug-likeness (QED) is 0.361. The first-order valence-corrected chi connectivity index (χ1v) is 10.2. The monoisotopic (exact) mass is 369 g/mol. The molecule has 0 saturated carbocycles. The molecule has 0 fully saturated rings. The highest BCUT2D eigenvalue weighted by Crippen LogP contribution is 1.98. The molecule has 0 aliphatic heterocycles. The first-order valence-electron chi connectivity index (χ1n) is 8.12. The van der Waals surface area contributed by atoms with Crippen LogP contribution < -0.4 is 5.32 Å². The van der Waals surface area contributed by atoms with E-state index in [9.17, 15) is 13.2 Å². The van der Waals surface area contributed by atoms with Crippen molar-refractivity contribution < 1.29 is 32.2 Å². The molecule has 0 heterocycles. The molecule has 144 valence electrons. The normalized spacial score (nSPS) is 11.6. The van der Waals surface area contributed by atoms with Crippen molar-refractivity contribution in [1.82, 2.24) is 5.32 Å². The van der Waals surface area contributed by atoms with Crippen molar-refractivity contribution in [2.24, 2.45) is 0 Å². The van der Waals surface area contributed by atoms with E-state index in [0.29, 0.717) is 72.1 Å². The fourth-order valence-corrected chi connectivity index (χ4v) is 2.41. The van der Waals surface area contributed by atoms with Gasteiger partial charge in [-0.3, -0.25) is 4.79 Å². The number of unbranched alkanes of at least 4 members (excludes halogenated alkanes) is 1. The van der Waals surface area contributed by atoms with Gasteiger partial charge in [0.05, 0.1) is 46.2 Å². The Morgan fingerprint density at radius 2 is 1.42 bits per heavy atom. The standard InChI is InChI=1S/C15H31NO7S/c1-20-8-9-22-12-13-23-11-10-21-7-6-16-15(17)5-3-4-14-24(2,18)19/h3-14H2,1-2H3,(H,16,17). The molecule has 0 radical (unpaired) electrons. The molecule has 1 N–H and O–H groups in total. The maximum Gasteiger partial charge on any atom is 0.220 e. The van der Waals surface area contributed by atoms with Crippen LogP contribution >= 0.6 is 0 Å². The Labute approximate surface area is 145 Å². The average Bonchev–Trinajstić information content (AvgIpc) is 2.52. The predicted octanol–water partition coefficient (Wildman–Crippen LogP) is 0.0137. The van der Waals surface area contributed by atoms with Gasteiger partial charge in [-0.2, -0.15) is 0 Å². The second-order valence-electron chi connectivity index (χ2n) is 5.27. The molecule has 8 nitrogen and oxygen atoms in total. The number of carbonyl (C=O) groups excluding carboxylic acids is 1. The molecule has 0 spiro atoms. The topological polar surface area (TPSA) is 100 Å². The Balaban J connectivity index is 3.22. The third-order valence-corrected chi connectivity index (χ3v) is 3.94. The fraction of sp³-hybridized carbons (Fsp3) is 0.933. The molecule has 0 atom stereocenters. The highest BCUT2D eigenvalue weighted by molar-refractivity contribution is 7.90. The Bertz CT molecular complexity index is 401. The van der Waals surface area contributed by atoms with E-state index in [1.54, 1.807) is 7.11 Å². The van der Waals surface area contributed by atoms with Crippen LogP contribution in [-0.2, 0) is 33.6 Å². The Morgan fingerprint density at radius 3 is 1.96 bits per heavy atom. The lowest BCUT2D eigenvalue weighted by Crippen LogP contribution is -2.27. The Morgan fingerprint density at radius 1 is 0.875 bits per heavy atom. The number of methoxy groups -OCH3 is 1. The highest BCUT2D eigenvalue weighted by atomic mass is 32.2. The molecule has 0 aromatic rings. The van der Waals surface area contributed by atoms with Gasteiger partial charge >= 0.3 is 0 Å². The number of ether oxygens (including phenoxy) is 4. The number of hydrogen-bond acceptors (Lipinski definition) is 7. The van der Waals surface area contributed by atoms with Crippen LogP contribution in [0.2, 0.25) is 0 Å². The molecule has 0 aromatic carbocycles. The van der Waals surface area contributed by atoms with Crippen molar-refractivity contribution in [1.29, 1.82) is 0 Å². The van der Waals surface area contributed by atoms with Gasteiger partial charge in [0.25, 0.3) is 0 Å². The highest BCUT2D eigenvalue weighted by Gasteiger charge is 2.04. The molecule has 0 bridgehead atoms. The first kappa shape index (κ1) is 23.3. The van der Waals surface area contributed by atoms with Crippen molar-refractivity contribution in [3.05, 3.63) is 0 Å². The Kier molecular flexibility index (Phi) is 15.3. The molecule has 9 heteroatoms. The van der Waals surface area contributed by atoms with Gasteiger partial charge < -0.3 is 24.3 Å². The summed E-state index contributed by atoms with van der Waals surface area (Å²) in [5.74, 6) is 0.0393. The van der Waals surface area contributed by atoms with Crippen molar-refractivity contribution in [2.75, 3.05) is 71.9 Å². The molecule has 0 rings (SSSR count). The van der Waals surface area contributed by atoms with E-state index in [2.05, 4.69) is 5.32 Å². The summed E-state index contributed by atoms with van der Waals surface area (Å²) < 4.78 is 42.6. The molecular formula is C15H31NO7S. The van der Waals surface area contributed by atoms with Crippen molar-refractivity contribution >= 4 is 15.7 Å². The Hall–Kier alpha value is -0.740. The summed E-state index contributed by atoms with van der Waals surface area (Å²) in [6.07, 6.45) is 2.61. The van der Waals surface area contributed by atoms with Gasteiger partial charge in [0.15, 0.2) is 0 Å². The van der Waals surface area contributed by atoms with Crippen LogP contribution in [0.4, 0.5) is 0 Å². The van der Waals surface area contributed by atoms with Crippen LogP contribution in [0.5, 0.6) is 0 Å². The van der Waals surface area contributed by atoms with Crippen LogP contribution in [0.15, 0.2) is 0 Å². The molecule has 1 amide bonds. The minimum Gasteiger partial charge on any atom is -0.382 e. The summed E-state index contributed by atoms with van der Waals surface area (Å²) >= 11 is 0. The van der Waals surface area contributed by atoms with E-state index in [1.807, 2.05) is 0 Å². The number of rotatable bonds is 17. The predicted molar refractivity (Wildman–Crippen MR) is 90.9 cm³/mol. The lowest BCUT2D eigenvalue weighted by atomic mass is 10.2. The van der Waals surface area contributed by atoms with Gasteiger partial charge in [-0.1, -0.05) is 0 Å². The van der Waals surface area contributed by atoms with Crippen LogP contribution in [0, 0.1) is 0 Å². The first-order chi connectivity index (χ1) is 11.5. The average molecular weight is 369 g/mol. The second kappa shape index (κ2) is 15.8. The number of nitrogens with one attached hydrogen (secondary N) is 1.